The molecular weight excluding hydrogens is 250 g/mol. The largest absolute Gasteiger partial charge is 0.481 e. The predicted octanol–water partition coefficient (Wildman–Crippen LogP) is 2.78. The van der Waals surface area contributed by atoms with Gasteiger partial charge in [0.25, 0.3) is 0 Å². The van der Waals surface area contributed by atoms with E-state index in [1.807, 2.05) is 12.1 Å². The first-order valence-corrected chi connectivity index (χ1v) is 6.68. The van der Waals surface area contributed by atoms with E-state index in [9.17, 15) is 9.90 Å². The van der Waals surface area contributed by atoms with Crippen LogP contribution in [0, 0.1) is 0 Å². The summed E-state index contributed by atoms with van der Waals surface area (Å²) in [6.45, 7) is 4.77. The molecule has 1 fully saturated rings. The van der Waals surface area contributed by atoms with Gasteiger partial charge >= 0.3 is 5.97 Å². The third-order valence-electron chi connectivity index (χ3n) is 3.96. The number of aliphatic carboxylic acids is 1. The maximum atomic E-state index is 11.7. The van der Waals surface area contributed by atoms with Crippen LogP contribution in [0.4, 0.5) is 0 Å². The smallest absolute Gasteiger partial charge is 0.314 e. The zero-order chi connectivity index (χ0) is 13.2. The molecule has 1 N–H and O–H groups in total. The number of rotatable bonds is 3. The highest BCUT2D eigenvalue weighted by Crippen LogP contribution is 2.36. The van der Waals surface area contributed by atoms with E-state index in [0.29, 0.717) is 17.9 Å². The van der Waals surface area contributed by atoms with Crippen molar-refractivity contribution in [3.05, 3.63) is 34.9 Å². The monoisotopic (exact) mass is 267 g/mol. The molecule has 1 aromatic rings. The first kappa shape index (κ1) is 13.4. The third kappa shape index (κ3) is 2.38. The van der Waals surface area contributed by atoms with Gasteiger partial charge in [-0.3, -0.25) is 4.79 Å². The number of benzene rings is 1. The Morgan fingerprint density at radius 2 is 1.89 bits per heavy atom. The van der Waals surface area contributed by atoms with Gasteiger partial charge in [0.2, 0.25) is 0 Å². The number of halogens is 1. The van der Waals surface area contributed by atoms with Gasteiger partial charge in [-0.25, -0.2) is 0 Å². The molecule has 0 radical (unpaired) electrons. The predicted molar refractivity (Wildman–Crippen MR) is 72.1 cm³/mol. The van der Waals surface area contributed by atoms with Gasteiger partial charge < -0.3 is 10.0 Å². The Kier molecular flexibility index (Phi) is 3.93. The molecule has 1 aliphatic rings. The summed E-state index contributed by atoms with van der Waals surface area (Å²) in [4.78, 5) is 14.0. The molecule has 0 aliphatic carbocycles. The van der Waals surface area contributed by atoms with Crippen LogP contribution in [0.1, 0.15) is 25.3 Å². The Labute approximate surface area is 112 Å². The molecule has 1 aromatic carbocycles. The van der Waals surface area contributed by atoms with Crippen molar-refractivity contribution < 1.29 is 9.90 Å². The average Bonchev–Trinajstić information content (AvgIpc) is 2.39. The molecule has 0 unspecified atom stereocenters. The summed E-state index contributed by atoms with van der Waals surface area (Å²) < 4.78 is 0. The Morgan fingerprint density at radius 3 is 2.33 bits per heavy atom. The number of hydrogen-bond acceptors (Lipinski definition) is 2. The molecular formula is C14H18ClNO2. The van der Waals surface area contributed by atoms with E-state index in [4.69, 9.17) is 11.6 Å². The van der Waals surface area contributed by atoms with Gasteiger partial charge in [-0.2, -0.15) is 0 Å². The molecule has 4 heteroatoms. The maximum Gasteiger partial charge on any atom is 0.314 e. The van der Waals surface area contributed by atoms with Crippen molar-refractivity contribution in [2.45, 2.75) is 25.2 Å². The van der Waals surface area contributed by atoms with E-state index in [1.165, 1.54) is 0 Å². The molecule has 0 bridgehead atoms. The lowest BCUT2D eigenvalue weighted by molar-refractivity contribution is -0.146. The maximum absolute atomic E-state index is 11.7. The van der Waals surface area contributed by atoms with Crippen LogP contribution < -0.4 is 0 Å². The van der Waals surface area contributed by atoms with Crippen molar-refractivity contribution in [1.82, 2.24) is 4.90 Å². The number of piperidine rings is 1. The van der Waals surface area contributed by atoms with E-state index in [1.54, 1.807) is 12.1 Å². The lowest BCUT2D eigenvalue weighted by Gasteiger charge is -2.38. The minimum atomic E-state index is -0.740. The number of likely N-dealkylation sites (tertiary alicyclic amines) is 1. The van der Waals surface area contributed by atoms with Crippen LogP contribution in [0.3, 0.4) is 0 Å². The van der Waals surface area contributed by atoms with E-state index < -0.39 is 11.4 Å². The molecule has 0 atom stereocenters. The Morgan fingerprint density at radius 1 is 1.33 bits per heavy atom. The highest BCUT2D eigenvalue weighted by atomic mass is 35.5. The summed E-state index contributed by atoms with van der Waals surface area (Å²) in [5.74, 6) is -0.722. The molecule has 0 amide bonds. The number of carboxylic acid groups (broad SMARTS) is 1. The van der Waals surface area contributed by atoms with E-state index in [2.05, 4.69) is 11.8 Å². The van der Waals surface area contributed by atoms with Gasteiger partial charge in [-0.05, 0) is 50.2 Å². The average molecular weight is 268 g/mol. The fourth-order valence-electron chi connectivity index (χ4n) is 2.65. The van der Waals surface area contributed by atoms with Gasteiger partial charge in [0, 0.05) is 5.02 Å². The number of hydrogen-bond donors (Lipinski definition) is 1. The van der Waals surface area contributed by atoms with Gasteiger partial charge in [0.05, 0.1) is 5.41 Å². The highest BCUT2D eigenvalue weighted by molar-refractivity contribution is 6.30. The van der Waals surface area contributed by atoms with Crippen LogP contribution in [0.2, 0.25) is 5.02 Å². The fourth-order valence-corrected chi connectivity index (χ4v) is 2.77. The zero-order valence-corrected chi connectivity index (χ0v) is 11.3. The van der Waals surface area contributed by atoms with Crippen molar-refractivity contribution in [1.29, 1.82) is 0 Å². The van der Waals surface area contributed by atoms with Crippen LogP contribution >= 0.6 is 11.6 Å². The third-order valence-corrected chi connectivity index (χ3v) is 4.21. The standard InChI is InChI=1S/C14H18ClNO2/c1-2-16-9-7-14(8-10-16,13(17)18)11-3-5-12(15)6-4-11/h3-6H,2,7-10H2,1H3,(H,17,18). The molecule has 2 rings (SSSR count). The quantitative estimate of drug-likeness (QED) is 0.916. The Bertz CT molecular complexity index is 422. The van der Waals surface area contributed by atoms with Crippen LogP contribution in [0.15, 0.2) is 24.3 Å². The molecule has 3 nitrogen and oxygen atoms in total. The summed E-state index contributed by atoms with van der Waals surface area (Å²) in [5.41, 5.74) is 0.131. The molecule has 0 spiro atoms. The number of carbonyl (C=O) groups is 1. The van der Waals surface area contributed by atoms with Gasteiger partial charge in [0.15, 0.2) is 0 Å². The second kappa shape index (κ2) is 5.29. The molecule has 1 aliphatic heterocycles. The molecule has 1 saturated heterocycles. The molecule has 0 saturated carbocycles. The van der Waals surface area contributed by atoms with E-state index in [-0.39, 0.29) is 0 Å². The summed E-state index contributed by atoms with van der Waals surface area (Å²) in [5, 5.41) is 10.3. The van der Waals surface area contributed by atoms with Crippen molar-refractivity contribution in [3.63, 3.8) is 0 Å². The summed E-state index contributed by atoms with van der Waals surface area (Å²) in [7, 11) is 0. The lowest BCUT2D eigenvalue weighted by atomic mass is 9.73. The van der Waals surface area contributed by atoms with Crippen molar-refractivity contribution in [2.75, 3.05) is 19.6 Å². The van der Waals surface area contributed by atoms with Crippen molar-refractivity contribution >= 4 is 17.6 Å². The summed E-state index contributed by atoms with van der Waals surface area (Å²) >= 11 is 5.87. The van der Waals surface area contributed by atoms with Gasteiger partial charge in [0.1, 0.15) is 0 Å². The minimum absolute atomic E-state index is 0.644. The molecule has 18 heavy (non-hydrogen) atoms. The molecule has 98 valence electrons. The van der Waals surface area contributed by atoms with Crippen LogP contribution in [-0.2, 0) is 10.2 Å². The SMILES string of the molecule is CCN1CCC(C(=O)O)(c2ccc(Cl)cc2)CC1. The Hall–Kier alpha value is -1.06. The topological polar surface area (TPSA) is 40.5 Å². The minimum Gasteiger partial charge on any atom is -0.481 e. The summed E-state index contributed by atoms with van der Waals surface area (Å²) in [6.07, 6.45) is 1.33. The van der Waals surface area contributed by atoms with Crippen LogP contribution in [0.25, 0.3) is 0 Å². The normalized spacial score (nSPS) is 19.7. The lowest BCUT2D eigenvalue weighted by Crippen LogP contribution is -2.47. The van der Waals surface area contributed by atoms with Crippen molar-refractivity contribution in [3.8, 4) is 0 Å². The number of carboxylic acids is 1. The molecule has 0 aromatic heterocycles. The van der Waals surface area contributed by atoms with Crippen LogP contribution in [-0.4, -0.2) is 35.6 Å². The number of nitrogens with zero attached hydrogens (tertiary/aromatic N) is 1. The second-order valence-corrected chi connectivity index (χ2v) is 5.26. The Balaban J connectivity index is 2.28. The molecule has 1 heterocycles. The van der Waals surface area contributed by atoms with Gasteiger partial charge in [-0.1, -0.05) is 30.7 Å². The summed E-state index contributed by atoms with van der Waals surface area (Å²) in [6, 6.07) is 7.23. The zero-order valence-electron chi connectivity index (χ0n) is 10.5. The van der Waals surface area contributed by atoms with Crippen molar-refractivity contribution in [2.24, 2.45) is 0 Å². The fraction of sp³-hybridized carbons (Fsp3) is 0.500. The van der Waals surface area contributed by atoms with Gasteiger partial charge in [-0.15, -0.1) is 0 Å². The van der Waals surface area contributed by atoms with E-state index >= 15 is 0 Å². The first-order chi connectivity index (χ1) is 8.58. The highest BCUT2D eigenvalue weighted by Gasteiger charge is 2.42. The first-order valence-electron chi connectivity index (χ1n) is 6.30. The van der Waals surface area contributed by atoms with Crippen LogP contribution in [0.5, 0.6) is 0 Å². The van der Waals surface area contributed by atoms with E-state index in [0.717, 1.165) is 25.2 Å². The second-order valence-electron chi connectivity index (χ2n) is 4.83.